The van der Waals surface area contributed by atoms with E-state index in [1.165, 1.54) is 38.3 Å². The maximum Gasteiger partial charge on any atom is 0.410 e. The third-order valence-electron chi connectivity index (χ3n) is 17.2. The van der Waals surface area contributed by atoms with Gasteiger partial charge in [-0.15, -0.1) is 0 Å². The number of rotatable bonds is 35. The Balaban J connectivity index is 1.41. The van der Waals surface area contributed by atoms with Crippen molar-refractivity contribution in [3.05, 3.63) is 77.9 Å². The molecule has 0 radical (unpaired) electrons. The van der Waals surface area contributed by atoms with Crippen LogP contribution < -0.4 is 43.4 Å². The molecular weight excluding hydrogens is 1190 g/mol. The number of nitrogens with two attached hydrogens (primary N) is 2. The van der Waals surface area contributed by atoms with E-state index in [4.69, 9.17) is 25.7 Å². The SMILES string of the molecule is CCC(C)[C@@H]([C@@H](CC(=O)N1CCCC1[C@H](OC)[C@@H](C)C(=O)N[C@H](C)[C@@H](O)c1ccccc1)OC)N(C)C(=O)[C@@H](NC(=O)[C@H](C(C)C)N(C)C(=O)OCc1ccc(NC(=O)[C@H](CCCNC(N)=O)NC(=O)[C@@H](NC(=O)[C@H](CN)N2C(=O)C=CC2=O)C(C)C)cc1)C(C)C. The highest BCUT2D eigenvalue weighted by molar-refractivity contribution is 6.15. The number of ether oxygens (including phenoxy) is 3. The number of carbonyl (C=O) groups excluding carboxylic acids is 11. The predicted octanol–water partition coefficient (Wildman–Crippen LogP) is 2.84. The Labute approximate surface area is 540 Å². The molecule has 1 fully saturated rings. The van der Waals surface area contributed by atoms with Gasteiger partial charge in [0, 0.05) is 65.8 Å². The molecule has 13 atom stereocenters. The Morgan fingerprint density at radius 2 is 1.34 bits per heavy atom. The Kier molecular flexibility index (Phi) is 30.2. The number of imide groups is 1. The lowest BCUT2D eigenvalue weighted by atomic mass is 9.89. The number of likely N-dealkylation sites (tertiary alicyclic amines) is 1. The average molecular weight is 1290 g/mol. The Morgan fingerprint density at radius 3 is 1.88 bits per heavy atom. The van der Waals surface area contributed by atoms with E-state index in [9.17, 15) is 57.8 Å². The number of urea groups is 1. The first-order valence-corrected chi connectivity index (χ1v) is 31.6. The van der Waals surface area contributed by atoms with Crippen molar-refractivity contribution >= 4 is 71.0 Å². The fraction of sp³-hybridized carbons (Fsp3) is 0.615. The standard InChI is InChI=1S/C65H100N12O15/c1-15-39(8)55(48(90-13)33-51(80)76-32-20-24-46(76)57(91-14)40(9)58(82)69-41(10)56(81)43-21-17-16-18-22-43)74(11)63(87)53(37(4)5)73-62(86)54(38(6)7)75(12)65(89)92-35-42-25-27-44(28-26-42)70-59(83)45(23-19-31-68-64(67)88)71-61(85)52(36(2)3)72-60(84)47(34-66)77-49(78)29-30-50(77)79/h16-18,21-22,25-30,36-41,45-48,52-57,81H,15,19-20,23-24,31-35,66H2,1-14H3,(H,69,82)(H,70,83)(H,71,85)(H,72,84)(H,73,86)(H3,67,68,88)/t39?,40-,41-,45+,46?,47+,48-,52+,53+,54+,55+,56-,57-/m1/s1. The number of methoxy groups -OCH3 is 2. The van der Waals surface area contributed by atoms with Crippen LogP contribution in [-0.2, 0) is 64.0 Å². The smallest absolute Gasteiger partial charge is 0.410 e. The minimum absolute atomic E-state index is 0.0110. The molecule has 27 heteroatoms. The molecule has 2 aliphatic heterocycles. The molecular formula is C65H100N12O15. The summed E-state index contributed by atoms with van der Waals surface area (Å²) in [5, 5.41) is 27.2. The summed E-state index contributed by atoms with van der Waals surface area (Å²) >= 11 is 0. The highest BCUT2D eigenvalue weighted by Gasteiger charge is 2.45. The molecule has 0 bridgehead atoms. The summed E-state index contributed by atoms with van der Waals surface area (Å²) in [6.07, 6.45) is 0.745. The molecule has 4 rings (SSSR count). The van der Waals surface area contributed by atoms with Crippen molar-refractivity contribution in [3.8, 4) is 0 Å². The quantitative estimate of drug-likeness (QED) is 0.0354. The number of nitrogens with zero attached hydrogens (tertiary/aromatic N) is 4. The summed E-state index contributed by atoms with van der Waals surface area (Å²) in [5.74, 6) is -7.68. The molecule has 92 heavy (non-hydrogen) atoms. The molecule has 2 aromatic rings. The Morgan fingerprint density at radius 1 is 0.728 bits per heavy atom. The van der Waals surface area contributed by atoms with Gasteiger partial charge in [0.25, 0.3) is 11.8 Å². The summed E-state index contributed by atoms with van der Waals surface area (Å²) in [6.45, 7) is 17.6. The molecule has 0 saturated carbocycles. The number of carbonyl (C=O) groups is 11. The minimum Gasteiger partial charge on any atom is -0.445 e. The topological polar surface area (TPSA) is 373 Å². The zero-order chi connectivity index (χ0) is 68.8. The second-order valence-corrected chi connectivity index (χ2v) is 24.9. The van der Waals surface area contributed by atoms with Crippen LogP contribution in [0.4, 0.5) is 15.3 Å². The predicted molar refractivity (Wildman–Crippen MR) is 343 cm³/mol. The van der Waals surface area contributed by atoms with E-state index in [-0.39, 0.29) is 55.8 Å². The van der Waals surface area contributed by atoms with Gasteiger partial charge in [-0.2, -0.15) is 0 Å². The lowest BCUT2D eigenvalue weighted by Crippen LogP contribution is -2.60. The third-order valence-corrected chi connectivity index (χ3v) is 17.2. The van der Waals surface area contributed by atoms with E-state index >= 15 is 0 Å². The monoisotopic (exact) mass is 1290 g/mol. The van der Waals surface area contributed by atoms with Gasteiger partial charge < -0.3 is 72.5 Å². The number of primary amides is 1. The lowest BCUT2D eigenvalue weighted by molar-refractivity contribution is -0.148. The van der Waals surface area contributed by atoms with Gasteiger partial charge in [0.1, 0.15) is 36.8 Å². The number of aliphatic hydroxyl groups excluding tert-OH is 1. The molecule has 1 saturated heterocycles. The summed E-state index contributed by atoms with van der Waals surface area (Å²) in [7, 11) is 6.05. The minimum atomic E-state index is -1.41. The Bertz CT molecular complexity index is 2860. The third kappa shape index (κ3) is 20.8. The molecule has 0 aromatic heterocycles. The van der Waals surface area contributed by atoms with E-state index in [2.05, 4.69) is 31.9 Å². The van der Waals surface area contributed by atoms with Crippen LogP contribution in [0.25, 0.3) is 0 Å². The molecule has 2 aliphatic rings. The number of benzene rings is 2. The van der Waals surface area contributed by atoms with Crippen molar-refractivity contribution in [1.29, 1.82) is 0 Å². The van der Waals surface area contributed by atoms with E-state index < -0.39 is 150 Å². The molecule has 11 N–H and O–H groups in total. The number of hydrogen-bond donors (Lipinski definition) is 9. The van der Waals surface area contributed by atoms with Crippen molar-refractivity contribution in [2.45, 2.75) is 181 Å². The molecule has 510 valence electrons. The van der Waals surface area contributed by atoms with Crippen molar-refractivity contribution in [1.82, 2.24) is 46.2 Å². The normalized spacial score (nSPS) is 17.9. The number of nitrogens with one attached hydrogen (secondary N) is 6. The first kappa shape index (κ1) is 76.4. The molecule has 27 nitrogen and oxygen atoms in total. The first-order chi connectivity index (χ1) is 43.4. The number of aliphatic hydroxyl groups is 1. The van der Waals surface area contributed by atoms with E-state index in [0.717, 1.165) is 17.1 Å². The number of hydrogen-bond acceptors (Lipinski definition) is 16. The molecule has 2 aromatic carbocycles. The maximum absolute atomic E-state index is 14.8. The highest BCUT2D eigenvalue weighted by Crippen LogP contribution is 2.31. The highest BCUT2D eigenvalue weighted by atomic mass is 16.6. The second kappa shape index (κ2) is 36.3. The van der Waals surface area contributed by atoms with E-state index in [0.29, 0.717) is 41.8 Å². The fourth-order valence-corrected chi connectivity index (χ4v) is 11.7. The van der Waals surface area contributed by atoms with Crippen LogP contribution in [-0.4, -0.2) is 198 Å². The zero-order valence-corrected chi connectivity index (χ0v) is 55.8. The Hall–Kier alpha value is -8.01. The van der Waals surface area contributed by atoms with Gasteiger partial charge >= 0.3 is 12.1 Å². The summed E-state index contributed by atoms with van der Waals surface area (Å²) in [6, 6.07) is 6.77. The molecule has 0 spiro atoms. The van der Waals surface area contributed by atoms with E-state index in [1.807, 2.05) is 32.0 Å². The van der Waals surface area contributed by atoms with Gasteiger partial charge in [-0.1, -0.05) is 111 Å². The molecule has 0 aliphatic carbocycles. The lowest BCUT2D eigenvalue weighted by Gasteiger charge is -2.41. The van der Waals surface area contributed by atoms with Crippen molar-refractivity contribution in [3.63, 3.8) is 0 Å². The summed E-state index contributed by atoms with van der Waals surface area (Å²) in [5.41, 5.74) is 12.5. The average Bonchev–Trinajstić information content (AvgIpc) is 1.42. The van der Waals surface area contributed by atoms with Gasteiger partial charge in [0.2, 0.25) is 41.4 Å². The largest absolute Gasteiger partial charge is 0.445 e. The molecule has 2 heterocycles. The molecule has 2 unspecified atom stereocenters. The first-order valence-electron chi connectivity index (χ1n) is 31.6. The number of likely N-dealkylation sites (N-methyl/N-ethyl adjacent to an activating group) is 2. The number of anilines is 1. The zero-order valence-electron chi connectivity index (χ0n) is 55.8. The van der Waals surface area contributed by atoms with Crippen LogP contribution in [0.1, 0.15) is 125 Å². The summed E-state index contributed by atoms with van der Waals surface area (Å²) < 4.78 is 17.7. The van der Waals surface area contributed by atoms with Crippen molar-refractivity contribution in [2.75, 3.05) is 53.3 Å². The van der Waals surface area contributed by atoms with Crippen LogP contribution in [0.2, 0.25) is 0 Å². The van der Waals surface area contributed by atoms with Crippen LogP contribution in [0.5, 0.6) is 0 Å². The number of amides is 12. The fourth-order valence-electron chi connectivity index (χ4n) is 11.7. The van der Waals surface area contributed by atoms with Gasteiger partial charge in [0.15, 0.2) is 0 Å². The van der Waals surface area contributed by atoms with Crippen molar-refractivity contribution < 1.29 is 72.1 Å². The van der Waals surface area contributed by atoms with Gasteiger partial charge in [-0.25, -0.2) is 9.59 Å². The van der Waals surface area contributed by atoms with Crippen LogP contribution in [0.3, 0.4) is 0 Å². The van der Waals surface area contributed by atoms with E-state index in [1.54, 1.807) is 91.6 Å². The van der Waals surface area contributed by atoms with Gasteiger partial charge in [-0.05, 0) is 79.5 Å². The summed E-state index contributed by atoms with van der Waals surface area (Å²) in [4.78, 5) is 153. The maximum atomic E-state index is 14.8. The molecule has 12 amide bonds. The van der Waals surface area contributed by atoms with Crippen LogP contribution in [0.15, 0.2) is 66.7 Å². The van der Waals surface area contributed by atoms with Crippen molar-refractivity contribution in [2.24, 2.45) is 41.1 Å². The van der Waals surface area contributed by atoms with Crippen LogP contribution >= 0.6 is 0 Å². The van der Waals surface area contributed by atoms with Crippen LogP contribution in [0, 0.1) is 29.6 Å². The van der Waals surface area contributed by atoms with Gasteiger partial charge in [0.05, 0.1) is 48.8 Å². The second-order valence-electron chi connectivity index (χ2n) is 24.9. The van der Waals surface area contributed by atoms with Gasteiger partial charge in [-0.3, -0.25) is 53.0 Å².